The molecular weight excluding hydrogens is 359 g/mol. The minimum atomic E-state index is -1.20. The lowest BCUT2D eigenvalue weighted by Crippen LogP contribution is -2.42. The first-order valence-corrected chi connectivity index (χ1v) is 9.38. The molecule has 2 heterocycles. The number of nitrogens with two attached hydrogens (primary N) is 1. The van der Waals surface area contributed by atoms with Gasteiger partial charge in [0.05, 0.1) is 18.0 Å². The highest BCUT2D eigenvalue weighted by Gasteiger charge is 2.39. The zero-order valence-corrected chi connectivity index (χ0v) is 15.2. The monoisotopic (exact) mass is 380 g/mol. The van der Waals surface area contributed by atoms with Crippen molar-refractivity contribution in [3.8, 4) is 11.5 Å². The number of rotatable bonds is 5. The maximum atomic E-state index is 12.2. The Labute approximate surface area is 155 Å². The summed E-state index contributed by atoms with van der Waals surface area (Å²) in [5, 5.41) is 19.3. The molecule has 0 saturated carbocycles. The topological polar surface area (TPSA) is 122 Å². The molecule has 0 spiro atoms. The summed E-state index contributed by atoms with van der Waals surface area (Å²) in [5.41, 5.74) is 6.39. The van der Waals surface area contributed by atoms with Gasteiger partial charge < -0.3 is 30.2 Å². The molecule has 1 unspecified atom stereocenters. The van der Waals surface area contributed by atoms with Crippen molar-refractivity contribution < 1.29 is 29.1 Å². The highest BCUT2D eigenvalue weighted by Crippen LogP contribution is 2.38. The summed E-state index contributed by atoms with van der Waals surface area (Å²) in [7, 11) is 0.174. The lowest BCUT2D eigenvalue weighted by Gasteiger charge is -2.28. The number of methoxy groups -OCH3 is 1. The molecule has 2 atom stereocenters. The number of thioether (sulfide) groups is 1. The van der Waals surface area contributed by atoms with Crippen molar-refractivity contribution in [2.45, 2.75) is 24.0 Å². The van der Waals surface area contributed by atoms with E-state index in [0.717, 1.165) is 6.42 Å². The number of hydrogen-bond acceptors (Lipinski definition) is 7. The lowest BCUT2D eigenvalue weighted by molar-refractivity contribution is -0.127. The van der Waals surface area contributed by atoms with E-state index in [-0.39, 0.29) is 39.9 Å². The van der Waals surface area contributed by atoms with Crippen LogP contribution in [0, 0.1) is 0 Å². The molecule has 1 saturated heterocycles. The smallest absolute Gasteiger partial charge is 0.534 e. The zero-order valence-electron chi connectivity index (χ0n) is 14.4. The van der Waals surface area contributed by atoms with Gasteiger partial charge in [-0.25, -0.2) is 4.79 Å². The maximum Gasteiger partial charge on any atom is 0.536 e. The number of carbonyl (C=O) groups excluding carboxylic acids is 1. The van der Waals surface area contributed by atoms with E-state index in [0.29, 0.717) is 25.1 Å². The number of hydrogen-bond donors (Lipinski definition) is 3. The summed E-state index contributed by atoms with van der Waals surface area (Å²) in [4.78, 5) is 25.5. The van der Waals surface area contributed by atoms with E-state index in [9.17, 15) is 19.7 Å². The third-order valence-electron chi connectivity index (χ3n) is 4.61. The zero-order chi connectivity index (χ0) is 18.8. The van der Waals surface area contributed by atoms with Crippen molar-refractivity contribution in [1.29, 1.82) is 0 Å². The van der Waals surface area contributed by atoms with Crippen LogP contribution in [0.25, 0.3) is 0 Å². The first kappa shape index (κ1) is 18.9. The Balaban J connectivity index is 1.69. The molecule has 1 fully saturated rings. The average molecular weight is 380 g/mol. The number of carboxylic acid groups (broad SMARTS) is 1. The first-order chi connectivity index (χ1) is 12.4. The van der Waals surface area contributed by atoms with Gasteiger partial charge in [0.2, 0.25) is 5.91 Å². The van der Waals surface area contributed by atoms with Crippen LogP contribution in [-0.2, 0) is 11.2 Å². The van der Waals surface area contributed by atoms with Gasteiger partial charge in [-0.05, 0) is 24.5 Å². The molecule has 10 heteroatoms. The fourth-order valence-electron chi connectivity index (χ4n) is 3.21. The number of fused-ring (bicyclic) bond motifs is 1. The molecule has 0 radical (unpaired) electrons. The Kier molecular flexibility index (Phi) is 5.64. The quantitative estimate of drug-likeness (QED) is 0.611. The van der Waals surface area contributed by atoms with Crippen LogP contribution in [-0.4, -0.2) is 71.2 Å². The normalized spacial score (nSPS) is 22.0. The molecule has 0 aromatic heterocycles. The van der Waals surface area contributed by atoms with Crippen LogP contribution in [0.3, 0.4) is 0 Å². The second kappa shape index (κ2) is 7.77. The van der Waals surface area contributed by atoms with Gasteiger partial charge in [-0.3, -0.25) is 4.79 Å². The molecule has 1 amide bonds. The minimum Gasteiger partial charge on any atom is -0.534 e. The van der Waals surface area contributed by atoms with E-state index in [4.69, 9.17) is 15.1 Å². The van der Waals surface area contributed by atoms with Crippen LogP contribution < -0.4 is 15.1 Å². The average Bonchev–Trinajstić information content (AvgIpc) is 3.05. The summed E-state index contributed by atoms with van der Waals surface area (Å²) in [6.45, 7) is 1.22. The largest absolute Gasteiger partial charge is 0.536 e. The fraction of sp³-hybridized carbons (Fsp3) is 0.500. The number of nitrogens with zero attached hydrogens (tertiary/aromatic N) is 1. The van der Waals surface area contributed by atoms with Crippen molar-refractivity contribution in [2.24, 2.45) is 5.73 Å². The van der Waals surface area contributed by atoms with Crippen LogP contribution in [0.1, 0.15) is 22.3 Å². The minimum absolute atomic E-state index is 0.0121. The molecule has 2 aliphatic heterocycles. The summed E-state index contributed by atoms with van der Waals surface area (Å²) in [6.07, 6.45) is 1.21. The molecule has 4 N–H and O–H groups in total. The highest BCUT2D eigenvalue weighted by atomic mass is 32.2. The molecular formula is C16H21BN2O6S. The van der Waals surface area contributed by atoms with Crippen LogP contribution in [0.2, 0.25) is 0 Å². The van der Waals surface area contributed by atoms with Crippen molar-refractivity contribution in [2.75, 3.05) is 26.0 Å². The third-order valence-corrected chi connectivity index (χ3v) is 5.85. The van der Waals surface area contributed by atoms with E-state index >= 15 is 0 Å². The molecule has 140 valence electrons. The Morgan fingerprint density at radius 1 is 1.50 bits per heavy atom. The van der Waals surface area contributed by atoms with E-state index < -0.39 is 13.1 Å². The van der Waals surface area contributed by atoms with Crippen LogP contribution in [0.15, 0.2) is 12.1 Å². The van der Waals surface area contributed by atoms with Gasteiger partial charge >= 0.3 is 13.1 Å². The molecule has 2 aliphatic rings. The first-order valence-electron chi connectivity index (χ1n) is 8.33. The van der Waals surface area contributed by atoms with Crippen molar-refractivity contribution in [3.63, 3.8) is 0 Å². The van der Waals surface area contributed by atoms with Crippen LogP contribution in [0.4, 0.5) is 0 Å². The van der Waals surface area contributed by atoms with E-state index in [1.165, 1.54) is 18.9 Å². The summed E-state index contributed by atoms with van der Waals surface area (Å²) < 4.78 is 10.6. The summed E-state index contributed by atoms with van der Waals surface area (Å²) >= 11 is 1.30. The summed E-state index contributed by atoms with van der Waals surface area (Å²) in [5.74, 6) is -0.678. The predicted octanol–water partition coefficient (Wildman–Crippen LogP) is 0.00940. The molecule has 26 heavy (non-hydrogen) atoms. The Morgan fingerprint density at radius 3 is 2.88 bits per heavy atom. The van der Waals surface area contributed by atoms with E-state index in [2.05, 4.69) is 0 Å². The van der Waals surface area contributed by atoms with Gasteiger partial charge in [0, 0.05) is 19.1 Å². The number of likely N-dealkylation sites (tertiary alicyclic amines) is 1. The lowest BCUT2D eigenvalue weighted by atomic mass is 9.77. The molecule has 0 aliphatic carbocycles. The van der Waals surface area contributed by atoms with Crippen molar-refractivity contribution in [3.05, 3.63) is 23.3 Å². The molecule has 0 bridgehead atoms. The Morgan fingerprint density at radius 2 is 2.27 bits per heavy atom. The van der Waals surface area contributed by atoms with Gasteiger partial charge in [-0.1, -0.05) is 6.07 Å². The molecule has 1 aromatic carbocycles. The Hall–Kier alpha value is -1.91. The fourth-order valence-corrected chi connectivity index (χ4v) is 4.27. The second-order valence-electron chi connectivity index (χ2n) is 6.39. The van der Waals surface area contributed by atoms with E-state index in [1.807, 2.05) is 0 Å². The van der Waals surface area contributed by atoms with Crippen LogP contribution >= 0.6 is 11.8 Å². The van der Waals surface area contributed by atoms with Crippen molar-refractivity contribution in [1.82, 2.24) is 4.90 Å². The number of carboxylic acids is 1. The highest BCUT2D eigenvalue weighted by molar-refractivity contribution is 8.01. The SMILES string of the molecule is COc1ccc2c(c1C(=O)O)OB(O)[C@@H](SCC(=O)N1CCC(N)C1)C2. The Bertz CT molecular complexity index is 718. The maximum absolute atomic E-state index is 12.2. The predicted molar refractivity (Wildman–Crippen MR) is 97.7 cm³/mol. The van der Waals surface area contributed by atoms with Gasteiger partial charge in [-0.2, -0.15) is 0 Å². The number of benzene rings is 1. The third kappa shape index (κ3) is 3.77. The van der Waals surface area contributed by atoms with E-state index in [1.54, 1.807) is 17.0 Å². The number of carbonyl (C=O) groups is 2. The van der Waals surface area contributed by atoms with Crippen molar-refractivity contribution >= 4 is 30.8 Å². The van der Waals surface area contributed by atoms with Gasteiger partial charge in [0.15, 0.2) is 0 Å². The number of ether oxygens (including phenoxy) is 1. The standard InChI is InChI=1S/C16H21BN2O6S/c1-24-11-3-2-9-6-12(17(23)25-15(9)14(11)16(21)22)26-8-13(20)19-5-4-10(18)7-19/h2-3,10,12,23H,4-8,18H2,1H3,(H,21,22)/t10?,12-/m0/s1. The number of amides is 1. The number of aromatic carboxylic acids is 1. The molecule has 8 nitrogen and oxygen atoms in total. The van der Waals surface area contributed by atoms with Gasteiger partial charge in [0.1, 0.15) is 17.1 Å². The molecule has 3 rings (SSSR count). The van der Waals surface area contributed by atoms with Gasteiger partial charge in [-0.15, -0.1) is 11.8 Å². The van der Waals surface area contributed by atoms with Gasteiger partial charge in [0.25, 0.3) is 0 Å². The van der Waals surface area contributed by atoms with Crippen LogP contribution in [0.5, 0.6) is 11.5 Å². The second-order valence-corrected chi connectivity index (χ2v) is 7.61. The summed E-state index contributed by atoms with van der Waals surface area (Å²) in [6, 6.07) is 3.33. The molecule has 1 aromatic rings.